The van der Waals surface area contributed by atoms with Crippen molar-refractivity contribution < 1.29 is 27.1 Å². The quantitative estimate of drug-likeness (QED) is 0.660. The molecule has 9 heteroatoms. The second-order valence-electron chi connectivity index (χ2n) is 5.52. The minimum Gasteiger partial charge on any atom is -0.463 e. The van der Waals surface area contributed by atoms with E-state index in [2.05, 4.69) is 10.4 Å². The van der Waals surface area contributed by atoms with Crippen LogP contribution in [0.3, 0.4) is 0 Å². The summed E-state index contributed by atoms with van der Waals surface area (Å²) in [5.41, 5.74) is -1.51. The molecule has 0 aliphatic carbocycles. The molecule has 3 rings (SSSR count). The van der Waals surface area contributed by atoms with Crippen molar-refractivity contribution in [3.8, 4) is 0 Å². The lowest BCUT2D eigenvalue weighted by Gasteiger charge is -2.30. The summed E-state index contributed by atoms with van der Waals surface area (Å²) in [6.45, 7) is 0.493. The van der Waals surface area contributed by atoms with Gasteiger partial charge in [-0.15, -0.1) is 0 Å². The van der Waals surface area contributed by atoms with Crippen molar-refractivity contribution in [3.63, 3.8) is 0 Å². The maximum absolute atomic E-state index is 13.6. The number of anilines is 1. The van der Waals surface area contributed by atoms with Gasteiger partial charge in [-0.1, -0.05) is 18.2 Å². The maximum Gasteiger partial charge on any atom is 0.416 e. The molecule has 1 aromatic carbocycles. The lowest BCUT2D eigenvalue weighted by Crippen LogP contribution is -2.32. The van der Waals surface area contributed by atoms with Gasteiger partial charge in [-0.2, -0.15) is 18.3 Å². The van der Waals surface area contributed by atoms with Crippen molar-refractivity contribution >= 4 is 11.8 Å². The van der Waals surface area contributed by atoms with Crippen molar-refractivity contribution in [1.29, 1.82) is 0 Å². The topological polar surface area (TPSA) is 56.1 Å². The van der Waals surface area contributed by atoms with E-state index in [1.807, 2.05) is 0 Å². The number of rotatable bonds is 4. The third kappa shape index (κ3) is 3.04. The van der Waals surface area contributed by atoms with E-state index in [4.69, 9.17) is 4.74 Å². The monoisotopic (exact) mass is 369 g/mol. The molecule has 1 unspecified atom stereocenters. The van der Waals surface area contributed by atoms with Crippen LogP contribution < -0.4 is 5.32 Å². The Balaban J connectivity index is 2.26. The highest BCUT2D eigenvalue weighted by Gasteiger charge is 2.41. The van der Waals surface area contributed by atoms with E-state index in [0.717, 1.165) is 6.07 Å². The van der Waals surface area contributed by atoms with Crippen LogP contribution in [0.5, 0.6) is 0 Å². The van der Waals surface area contributed by atoms with Crippen molar-refractivity contribution in [2.24, 2.45) is 0 Å². The van der Waals surface area contributed by atoms with E-state index in [-0.39, 0.29) is 29.3 Å². The number of benzene rings is 1. The van der Waals surface area contributed by atoms with Gasteiger partial charge in [0.2, 0.25) is 0 Å². The zero-order valence-corrected chi connectivity index (χ0v) is 13.7. The van der Waals surface area contributed by atoms with Gasteiger partial charge in [0.05, 0.1) is 29.6 Å². The first-order chi connectivity index (χ1) is 12.4. The summed E-state index contributed by atoms with van der Waals surface area (Å²) >= 11 is 0. The van der Waals surface area contributed by atoms with Crippen LogP contribution >= 0.6 is 0 Å². The molecule has 0 radical (unpaired) electrons. The van der Waals surface area contributed by atoms with E-state index in [1.165, 1.54) is 35.1 Å². The van der Waals surface area contributed by atoms with Crippen molar-refractivity contribution in [1.82, 2.24) is 9.78 Å². The zero-order chi connectivity index (χ0) is 18.9. The average Bonchev–Trinajstić information content (AvgIpc) is 3.07. The number of hydrogen-bond donors (Lipinski definition) is 1. The molecule has 2 aromatic rings. The van der Waals surface area contributed by atoms with Crippen molar-refractivity contribution in [3.05, 3.63) is 58.9 Å². The fraction of sp³-hybridized carbons (Fsp3) is 0.294. The van der Waals surface area contributed by atoms with E-state index >= 15 is 0 Å². The van der Waals surface area contributed by atoms with Gasteiger partial charge in [0.1, 0.15) is 18.5 Å². The number of ether oxygens (including phenoxy) is 1. The molecule has 138 valence electrons. The highest BCUT2D eigenvalue weighted by Crippen LogP contribution is 2.42. The van der Waals surface area contributed by atoms with Gasteiger partial charge in [0.15, 0.2) is 0 Å². The van der Waals surface area contributed by atoms with E-state index in [0.29, 0.717) is 0 Å². The number of nitrogens with one attached hydrogen (secondary N) is 1. The molecular weight excluding hydrogens is 354 g/mol. The molecule has 1 aliphatic rings. The Morgan fingerprint density at radius 3 is 2.69 bits per heavy atom. The highest BCUT2D eigenvalue weighted by atomic mass is 19.4. The molecule has 1 aromatic heterocycles. The van der Waals surface area contributed by atoms with Gasteiger partial charge in [0.25, 0.3) is 0 Å². The molecule has 1 aliphatic heterocycles. The van der Waals surface area contributed by atoms with Gasteiger partial charge in [0, 0.05) is 6.07 Å². The highest BCUT2D eigenvalue weighted by molar-refractivity contribution is 5.92. The Bertz CT molecular complexity index is 858. The minimum absolute atomic E-state index is 0.00149. The molecule has 0 amide bonds. The number of halogens is 4. The van der Waals surface area contributed by atoms with Crippen LogP contribution in [0.4, 0.5) is 23.4 Å². The molecule has 0 bridgehead atoms. The van der Waals surface area contributed by atoms with E-state index in [9.17, 15) is 22.4 Å². The standard InChI is InChI=1S/C17H15F4N3O2/c1-2-26-16(25)14-12(9-18)23-13-7-8-22-24(13)15(14)10-5-3-4-6-11(10)17(19,20)21/h3-8,15,23H,2,9H2,1H3. The smallest absolute Gasteiger partial charge is 0.416 e. The van der Waals surface area contributed by atoms with Crippen molar-refractivity contribution in [2.45, 2.75) is 19.1 Å². The fourth-order valence-electron chi connectivity index (χ4n) is 2.96. The number of aromatic nitrogens is 2. The Kier molecular flexibility index (Phi) is 4.71. The predicted octanol–water partition coefficient (Wildman–Crippen LogP) is 3.70. The molecule has 2 heterocycles. The first kappa shape index (κ1) is 18.0. The zero-order valence-electron chi connectivity index (χ0n) is 13.7. The molecular formula is C17H15F4N3O2. The predicted molar refractivity (Wildman–Crippen MR) is 85.1 cm³/mol. The number of allylic oxidation sites excluding steroid dienone is 1. The summed E-state index contributed by atoms with van der Waals surface area (Å²) in [5.74, 6) is -0.608. The van der Waals surface area contributed by atoms with Crippen LogP contribution in [-0.2, 0) is 15.7 Å². The Hall–Kier alpha value is -2.84. The molecule has 0 spiro atoms. The summed E-state index contributed by atoms with van der Waals surface area (Å²) in [6, 6.07) is 5.07. The summed E-state index contributed by atoms with van der Waals surface area (Å²) in [4.78, 5) is 12.4. The van der Waals surface area contributed by atoms with Crippen LogP contribution in [0.25, 0.3) is 0 Å². The fourth-order valence-corrected chi connectivity index (χ4v) is 2.96. The lowest BCUT2D eigenvalue weighted by atomic mass is 9.91. The number of fused-ring (bicyclic) bond motifs is 1. The Morgan fingerprint density at radius 2 is 2.04 bits per heavy atom. The largest absolute Gasteiger partial charge is 0.463 e. The Morgan fingerprint density at radius 1 is 1.31 bits per heavy atom. The van der Waals surface area contributed by atoms with Crippen molar-refractivity contribution in [2.75, 3.05) is 18.6 Å². The molecule has 5 nitrogen and oxygen atoms in total. The Labute approximate surface area is 146 Å². The molecule has 0 saturated carbocycles. The summed E-state index contributed by atoms with van der Waals surface area (Å²) in [6.07, 6.45) is -3.29. The first-order valence-corrected chi connectivity index (χ1v) is 7.81. The lowest BCUT2D eigenvalue weighted by molar-refractivity contribution is -0.141. The SMILES string of the molecule is CCOC(=O)C1=C(CF)Nc2ccnn2C1c1ccccc1C(F)(F)F. The second kappa shape index (κ2) is 6.81. The first-order valence-electron chi connectivity index (χ1n) is 7.81. The third-order valence-corrected chi connectivity index (χ3v) is 3.98. The molecule has 1 N–H and O–H groups in total. The number of esters is 1. The van der Waals surface area contributed by atoms with Crippen LogP contribution in [0.15, 0.2) is 47.8 Å². The number of alkyl halides is 4. The minimum atomic E-state index is -4.65. The van der Waals surface area contributed by atoms with Gasteiger partial charge < -0.3 is 10.1 Å². The number of nitrogens with zero attached hydrogens (tertiary/aromatic N) is 2. The van der Waals surface area contributed by atoms with Crippen LogP contribution in [0, 0.1) is 0 Å². The van der Waals surface area contributed by atoms with E-state index < -0.39 is 30.4 Å². The van der Waals surface area contributed by atoms with Crippen LogP contribution in [0.2, 0.25) is 0 Å². The summed E-state index contributed by atoms with van der Waals surface area (Å²) in [5, 5.41) is 6.72. The van der Waals surface area contributed by atoms with Gasteiger partial charge in [-0.3, -0.25) is 0 Å². The molecule has 1 atom stereocenters. The van der Waals surface area contributed by atoms with Crippen LogP contribution in [-0.4, -0.2) is 29.0 Å². The molecule has 0 fully saturated rings. The second-order valence-corrected chi connectivity index (χ2v) is 5.52. The van der Waals surface area contributed by atoms with Gasteiger partial charge >= 0.3 is 12.1 Å². The summed E-state index contributed by atoms with van der Waals surface area (Å²) in [7, 11) is 0. The van der Waals surface area contributed by atoms with E-state index in [1.54, 1.807) is 6.92 Å². The normalized spacial score (nSPS) is 16.9. The number of carbonyl (C=O) groups is 1. The van der Waals surface area contributed by atoms with Gasteiger partial charge in [-0.25, -0.2) is 13.9 Å². The van der Waals surface area contributed by atoms with Crippen LogP contribution in [0.1, 0.15) is 24.1 Å². The third-order valence-electron chi connectivity index (χ3n) is 3.98. The number of hydrogen-bond acceptors (Lipinski definition) is 4. The van der Waals surface area contributed by atoms with Gasteiger partial charge in [-0.05, 0) is 18.6 Å². The average molecular weight is 369 g/mol. The summed E-state index contributed by atoms with van der Waals surface area (Å²) < 4.78 is 60.3. The molecule has 0 saturated heterocycles. The molecule has 26 heavy (non-hydrogen) atoms. The maximum atomic E-state index is 13.6. The number of carbonyl (C=O) groups excluding carboxylic acids is 1.